The lowest BCUT2D eigenvalue weighted by Gasteiger charge is -1.98. The summed E-state index contributed by atoms with van der Waals surface area (Å²) in [5.41, 5.74) is 1.14. The van der Waals surface area contributed by atoms with Crippen LogP contribution >= 0.6 is 0 Å². The van der Waals surface area contributed by atoms with E-state index in [2.05, 4.69) is 0 Å². The summed E-state index contributed by atoms with van der Waals surface area (Å²) in [5.74, 6) is -0.481. The molecule has 0 aliphatic carbocycles. The number of para-hydroxylation sites is 2. The van der Waals surface area contributed by atoms with Crippen LogP contribution in [0.4, 0.5) is 0 Å². The van der Waals surface area contributed by atoms with E-state index < -0.39 is 16.8 Å². The highest BCUT2D eigenvalue weighted by Gasteiger charge is 2.08. The van der Waals surface area contributed by atoms with E-state index in [1.165, 1.54) is 4.57 Å². The van der Waals surface area contributed by atoms with Gasteiger partial charge in [0.1, 0.15) is 0 Å². The van der Waals surface area contributed by atoms with Crippen molar-refractivity contribution in [2.45, 2.75) is 6.54 Å². The molecule has 0 bridgehead atoms. The maximum absolute atomic E-state index is 11.4. The molecule has 1 aromatic heterocycles. The third-order valence-corrected chi connectivity index (χ3v) is 2.60. The first-order valence-electron chi connectivity index (χ1n) is 4.34. The van der Waals surface area contributed by atoms with Gasteiger partial charge in [0.25, 0.3) is 0 Å². The van der Waals surface area contributed by atoms with Crippen LogP contribution in [0.2, 0.25) is 0 Å². The fourth-order valence-corrected chi connectivity index (χ4v) is 1.73. The van der Waals surface area contributed by atoms with Crippen LogP contribution in [0.25, 0.3) is 11.1 Å². The van der Waals surface area contributed by atoms with Gasteiger partial charge in [-0.2, -0.15) is 0 Å². The molecule has 6 heteroatoms. The molecule has 1 N–H and O–H groups in total. The van der Waals surface area contributed by atoms with Crippen LogP contribution in [0.3, 0.4) is 0 Å². The predicted octanol–water partition coefficient (Wildman–Crippen LogP) is 0.816. The van der Waals surface area contributed by atoms with Crippen molar-refractivity contribution in [2.75, 3.05) is 5.75 Å². The maximum atomic E-state index is 11.4. The zero-order chi connectivity index (χ0) is 10.8. The van der Waals surface area contributed by atoms with Gasteiger partial charge in [0.2, 0.25) is 0 Å². The number of aromatic nitrogens is 1. The van der Waals surface area contributed by atoms with Crippen LogP contribution in [0.5, 0.6) is 0 Å². The van der Waals surface area contributed by atoms with E-state index in [0.717, 1.165) is 0 Å². The summed E-state index contributed by atoms with van der Waals surface area (Å²) < 4.78 is 25.5. The molecular formula is C9H9NO4S. The molecule has 0 saturated heterocycles. The Morgan fingerprint density at radius 3 is 2.87 bits per heavy atom. The van der Waals surface area contributed by atoms with Gasteiger partial charge in [0.15, 0.2) is 16.7 Å². The van der Waals surface area contributed by atoms with Crippen molar-refractivity contribution >= 4 is 22.2 Å². The van der Waals surface area contributed by atoms with E-state index in [4.69, 9.17) is 8.97 Å². The minimum atomic E-state index is -1.90. The highest BCUT2D eigenvalue weighted by molar-refractivity contribution is 7.79. The fraction of sp³-hybridized carbons (Fsp3) is 0.222. The van der Waals surface area contributed by atoms with E-state index in [0.29, 0.717) is 11.1 Å². The minimum Gasteiger partial charge on any atom is -0.408 e. The molecular weight excluding hydrogens is 218 g/mol. The summed E-state index contributed by atoms with van der Waals surface area (Å²) in [4.78, 5) is 11.4. The summed E-state index contributed by atoms with van der Waals surface area (Å²) in [6.45, 7) is 0.180. The van der Waals surface area contributed by atoms with Crippen molar-refractivity contribution in [3.63, 3.8) is 0 Å². The Labute approximate surface area is 87.6 Å². The van der Waals surface area contributed by atoms with Gasteiger partial charge in [-0.3, -0.25) is 4.57 Å². The van der Waals surface area contributed by atoms with Gasteiger partial charge in [-0.15, -0.1) is 0 Å². The normalized spacial score (nSPS) is 13.1. The monoisotopic (exact) mass is 227 g/mol. The summed E-state index contributed by atoms with van der Waals surface area (Å²) in [6, 6.07) is 6.97. The zero-order valence-electron chi connectivity index (χ0n) is 7.75. The van der Waals surface area contributed by atoms with Gasteiger partial charge in [-0.05, 0) is 12.1 Å². The van der Waals surface area contributed by atoms with E-state index in [1.54, 1.807) is 24.3 Å². The van der Waals surface area contributed by atoms with Crippen LogP contribution in [0.1, 0.15) is 0 Å². The summed E-state index contributed by atoms with van der Waals surface area (Å²) in [6.07, 6.45) is 0. The van der Waals surface area contributed by atoms with E-state index >= 15 is 0 Å². The second-order valence-electron chi connectivity index (χ2n) is 3.01. The van der Waals surface area contributed by atoms with Gasteiger partial charge in [-0.1, -0.05) is 12.1 Å². The lowest BCUT2D eigenvalue weighted by Crippen LogP contribution is -2.17. The molecule has 1 heterocycles. The molecule has 80 valence electrons. The number of aryl methyl sites for hydroxylation is 1. The molecule has 0 fully saturated rings. The number of fused-ring (bicyclic) bond motifs is 1. The molecule has 2 rings (SSSR count). The van der Waals surface area contributed by atoms with Crippen molar-refractivity contribution in [3.8, 4) is 0 Å². The Morgan fingerprint density at radius 2 is 2.13 bits per heavy atom. The van der Waals surface area contributed by atoms with Crippen LogP contribution in [0, 0.1) is 0 Å². The number of nitrogens with zero attached hydrogens (tertiary/aromatic N) is 1. The molecule has 0 aliphatic heterocycles. The van der Waals surface area contributed by atoms with Crippen LogP contribution < -0.4 is 5.76 Å². The lowest BCUT2D eigenvalue weighted by atomic mass is 10.3. The van der Waals surface area contributed by atoms with Crippen LogP contribution in [-0.4, -0.2) is 19.1 Å². The Bertz CT molecular complexity index is 556. The van der Waals surface area contributed by atoms with Gasteiger partial charge < -0.3 is 8.97 Å². The molecule has 0 amide bonds. The van der Waals surface area contributed by atoms with E-state index in [-0.39, 0.29) is 12.3 Å². The first-order chi connectivity index (χ1) is 7.18. The predicted molar refractivity (Wildman–Crippen MR) is 56.1 cm³/mol. The van der Waals surface area contributed by atoms with Crippen molar-refractivity contribution in [3.05, 3.63) is 34.8 Å². The number of rotatable bonds is 3. The minimum absolute atomic E-state index is 0.0173. The molecule has 1 atom stereocenters. The molecule has 1 unspecified atom stereocenters. The van der Waals surface area contributed by atoms with Gasteiger partial charge in [0, 0.05) is 6.54 Å². The second kappa shape index (κ2) is 4.00. The summed E-state index contributed by atoms with van der Waals surface area (Å²) in [5, 5.41) is 0. The van der Waals surface area contributed by atoms with Gasteiger partial charge in [-0.25, -0.2) is 9.00 Å². The molecule has 0 radical (unpaired) electrons. The molecule has 1 aromatic carbocycles. The van der Waals surface area contributed by atoms with Crippen molar-refractivity contribution in [2.24, 2.45) is 0 Å². The second-order valence-corrected chi connectivity index (χ2v) is 4.06. The average molecular weight is 227 g/mol. The molecule has 0 saturated carbocycles. The number of hydrogen-bond donors (Lipinski definition) is 1. The zero-order valence-corrected chi connectivity index (χ0v) is 8.57. The number of oxazole rings is 1. The molecule has 15 heavy (non-hydrogen) atoms. The third kappa shape index (κ3) is 2.00. The van der Waals surface area contributed by atoms with Crippen molar-refractivity contribution in [1.29, 1.82) is 0 Å². The topological polar surface area (TPSA) is 72.4 Å². The van der Waals surface area contributed by atoms with Gasteiger partial charge >= 0.3 is 5.76 Å². The Morgan fingerprint density at radius 1 is 1.40 bits per heavy atom. The molecule has 5 nitrogen and oxygen atoms in total. The van der Waals surface area contributed by atoms with E-state index in [9.17, 15) is 9.00 Å². The van der Waals surface area contributed by atoms with Crippen molar-refractivity contribution in [1.82, 2.24) is 4.57 Å². The standard InChI is InChI=1S/C9H9NO4S/c11-9-10(5-6-15(12)13)7-3-1-2-4-8(7)14-9/h1-4H,5-6H2,(H,12,13). The average Bonchev–Trinajstić information content (AvgIpc) is 2.50. The van der Waals surface area contributed by atoms with Crippen LogP contribution in [-0.2, 0) is 17.6 Å². The fourth-order valence-electron chi connectivity index (χ4n) is 1.40. The van der Waals surface area contributed by atoms with Gasteiger partial charge in [0.05, 0.1) is 11.3 Å². The maximum Gasteiger partial charge on any atom is 0.419 e. The Kier molecular flexibility index (Phi) is 2.70. The quantitative estimate of drug-likeness (QED) is 0.788. The highest BCUT2D eigenvalue weighted by Crippen LogP contribution is 2.11. The molecule has 2 aromatic rings. The largest absolute Gasteiger partial charge is 0.419 e. The molecule has 0 spiro atoms. The Balaban J connectivity index is 2.45. The first-order valence-corrected chi connectivity index (χ1v) is 5.62. The lowest BCUT2D eigenvalue weighted by molar-refractivity contribution is 0.508. The summed E-state index contributed by atoms with van der Waals surface area (Å²) >= 11 is -1.90. The highest BCUT2D eigenvalue weighted by atomic mass is 32.2. The van der Waals surface area contributed by atoms with Crippen molar-refractivity contribution < 1.29 is 13.2 Å². The smallest absolute Gasteiger partial charge is 0.408 e. The third-order valence-electron chi connectivity index (χ3n) is 2.06. The number of benzene rings is 1. The molecule has 0 aliphatic rings. The number of hydrogen-bond acceptors (Lipinski definition) is 3. The van der Waals surface area contributed by atoms with E-state index in [1.807, 2.05) is 0 Å². The summed E-state index contributed by atoms with van der Waals surface area (Å²) in [7, 11) is 0. The first kappa shape index (κ1) is 10.1. The SMILES string of the molecule is O=c1oc2ccccc2n1CCS(=O)O. The Hall–Kier alpha value is -1.40. The van der Waals surface area contributed by atoms with Crippen LogP contribution in [0.15, 0.2) is 33.5 Å².